The van der Waals surface area contributed by atoms with E-state index in [2.05, 4.69) is 105 Å². The molecule has 164 valence electrons. The summed E-state index contributed by atoms with van der Waals surface area (Å²) in [4.78, 5) is 6.29. The lowest BCUT2D eigenvalue weighted by atomic mass is 10.0. The van der Waals surface area contributed by atoms with Crippen LogP contribution in [0, 0.1) is 13.8 Å². The Morgan fingerprint density at radius 2 is 1.75 bits per heavy atom. The maximum absolute atomic E-state index is 4.50. The Bertz CT molecular complexity index is 1150. The Morgan fingerprint density at radius 1 is 0.938 bits per heavy atom. The molecule has 0 unspecified atom stereocenters. The number of anilines is 1. The van der Waals surface area contributed by atoms with Crippen molar-refractivity contribution in [2.45, 2.75) is 26.4 Å². The number of aromatic nitrogens is 4. The molecule has 1 fully saturated rings. The smallest absolute Gasteiger partial charge is 0.173 e. The number of hydrogen-bond donors (Lipinski definition) is 0. The molecular weight excluding hydrogens is 416 g/mol. The average molecular weight is 445 g/mol. The Balaban J connectivity index is 1.41. The first-order chi connectivity index (χ1) is 15.7. The highest BCUT2D eigenvalue weighted by atomic mass is 32.1. The summed E-state index contributed by atoms with van der Waals surface area (Å²) in [7, 11) is 0. The monoisotopic (exact) mass is 444 g/mol. The van der Waals surface area contributed by atoms with E-state index in [1.807, 2.05) is 4.68 Å². The molecule has 7 heteroatoms. The lowest BCUT2D eigenvalue weighted by Gasteiger charge is -2.40. The van der Waals surface area contributed by atoms with Gasteiger partial charge in [-0.05, 0) is 58.5 Å². The molecule has 5 rings (SSSR count). The number of aryl methyl sites for hydroxylation is 2. The second-order valence-electron chi connectivity index (χ2n) is 8.40. The molecule has 0 amide bonds. The number of thiophene rings is 1. The van der Waals surface area contributed by atoms with E-state index in [9.17, 15) is 0 Å². The second-order valence-corrected chi connectivity index (χ2v) is 9.43. The Hall–Kier alpha value is -3.03. The van der Waals surface area contributed by atoms with Crippen molar-refractivity contribution in [1.82, 2.24) is 25.1 Å². The summed E-state index contributed by atoms with van der Waals surface area (Å²) in [6.45, 7) is 8.95. The summed E-state index contributed by atoms with van der Waals surface area (Å²) in [5.41, 5.74) is 5.23. The van der Waals surface area contributed by atoms with Crippen LogP contribution in [0.4, 0.5) is 5.69 Å². The molecule has 32 heavy (non-hydrogen) atoms. The van der Waals surface area contributed by atoms with Gasteiger partial charge in [0.2, 0.25) is 0 Å². The lowest BCUT2D eigenvalue weighted by molar-refractivity contribution is 0.201. The van der Waals surface area contributed by atoms with Crippen molar-refractivity contribution in [3.8, 4) is 0 Å². The van der Waals surface area contributed by atoms with Gasteiger partial charge in [-0.15, -0.1) is 16.4 Å². The first-order valence-electron chi connectivity index (χ1n) is 11.1. The molecule has 2 aromatic heterocycles. The van der Waals surface area contributed by atoms with E-state index in [0.29, 0.717) is 6.54 Å². The molecule has 0 spiro atoms. The highest BCUT2D eigenvalue weighted by Crippen LogP contribution is 2.30. The van der Waals surface area contributed by atoms with E-state index in [1.54, 1.807) is 11.3 Å². The molecule has 1 saturated heterocycles. The molecule has 0 N–H and O–H groups in total. The van der Waals surface area contributed by atoms with E-state index >= 15 is 0 Å². The molecule has 0 radical (unpaired) electrons. The van der Waals surface area contributed by atoms with Crippen LogP contribution in [0.15, 0.2) is 66.0 Å². The summed E-state index contributed by atoms with van der Waals surface area (Å²) in [6.07, 6.45) is 0. The topological polar surface area (TPSA) is 50.1 Å². The lowest BCUT2D eigenvalue weighted by Crippen LogP contribution is -2.48. The normalized spacial score (nSPS) is 15.8. The minimum absolute atomic E-state index is 0.0342. The van der Waals surface area contributed by atoms with Crippen molar-refractivity contribution in [3.05, 3.63) is 93.4 Å². The van der Waals surface area contributed by atoms with Gasteiger partial charge in [-0.25, -0.2) is 4.68 Å². The molecule has 0 aliphatic carbocycles. The van der Waals surface area contributed by atoms with Gasteiger partial charge in [-0.3, -0.25) is 4.90 Å². The highest BCUT2D eigenvalue weighted by molar-refractivity contribution is 7.09. The van der Waals surface area contributed by atoms with Crippen LogP contribution in [0.5, 0.6) is 0 Å². The zero-order valence-electron chi connectivity index (χ0n) is 18.6. The minimum Gasteiger partial charge on any atom is -0.369 e. The summed E-state index contributed by atoms with van der Waals surface area (Å²) in [5.74, 6) is 0.907. The van der Waals surface area contributed by atoms with Crippen LogP contribution in [0.2, 0.25) is 0 Å². The van der Waals surface area contributed by atoms with Gasteiger partial charge in [-0.1, -0.05) is 48.5 Å². The molecule has 4 aromatic rings. The third kappa shape index (κ3) is 4.31. The van der Waals surface area contributed by atoms with Crippen LogP contribution in [-0.4, -0.2) is 51.3 Å². The van der Waals surface area contributed by atoms with E-state index < -0.39 is 0 Å². The van der Waals surface area contributed by atoms with Crippen molar-refractivity contribution in [3.63, 3.8) is 0 Å². The van der Waals surface area contributed by atoms with Crippen LogP contribution < -0.4 is 4.90 Å². The standard InChI is InChI=1S/C25H28N6S/c1-19-10-11-20(2)23(17-19)29-12-14-30(15-13-29)24(21-7-4-3-5-8-21)25-26-27-28-31(25)18-22-9-6-16-32-22/h3-11,16-17,24H,12-15,18H2,1-2H3/t24-/m1/s1. The van der Waals surface area contributed by atoms with Crippen molar-refractivity contribution >= 4 is 17.0 Å². The van der Waals surface area contributed by atoms with Gasteiger partial charge in [-0.2, -0.15) is 0 Å². The van der Waals surface area contributed by atoms with Crippen molar-refractivity contribution in [2.24, 2.45) is 0 Å². The molecule has 1 aliphatic heterocycles. The molecule has 3 heterocycles. The van der Waals surface area contributed by atoms with E-state index in [0.717, 1.165) is 32.0 Å². The second kappa shape index (κ2) is 9.22. The minimum atomic E-state index is 0.0342. The van der Waals surface area contributed by atoms with Crippen LogP contribution >= 0.6 is 11.3 Å². The molecule has 1 atom stereocenters. The fourth-order valence-electron chi connectivity index (χ4n) is 4.51. The van der Waals surface area contributed by atoms with Gasteiger partial charge in [0.25, 0.3) is 0 Å². The van der Waals surface area contributed by atoms with Gasteiger partial charge in [0.15, 0.2) is 5.82 Å². The quantitative estimate of drug-likeness (QED) is 0.444. The molecule has 0 saturated carbocycles. The zero-order valence-corrected chi connectivity index (χ0v) is 19.4. The van der Waals surface area contributed by atoms with Crippen molar-refractivity contribution in [1.29, 1.82) is 0 Å². The predicted octanol–water partition coefficient (Wildman–Crippen LogP) is 4.31. The molecule has 6 nitrogen and oxygen atoms in total. The third-order valence-electron chi connectivity index (χ3n) is 6.19. The predicted molar refractivity (Wildman–Crippen MR) is 129 cm³/mol. The maximum Gasteiger partial charge on any atom is 0.173 e. The van der Waals surface area contributed by atoms with Crippen LogP contribution in [0.3, 0.4) is 0 Å². The number of hydrogen-bond acceptors (Lipinski definition) is 6. The molecule has 1 aliphatic rings. The van der Waals surface area contributed by atoms with E-state index in [1.165, 1.54) is 27.3 Å². The van der Waals surface area contributed by atoms with Gasteiger partial charge in [0.1, 0.15) is 0 Å². The Morgan fingerprint density at radius 3 is 2.50 bits per heavy atom. The third-order valence-corrected chi connectivity index (χ3v) is 7.05. The number of rotatable bonds is 6. The fourth-order valence-corrected chi connectivity index (χ4v) is 5.20. The molecular formula is C25H28N6S. The fraction of sp³-hybridized carbons (Fsp3) is 0.320. The zero-order chi connectivity index (χ0) is 21.9. The van der Waals surface area contributed by atoms with Crippen LogP contribution in [0.1, 0.15) is 33.4 Å². The number of piperazine rings is 1. The highest BCUT2D eigenvalue weighted by Gasteiger charge is 2.31. The average Bonchev–Trinajstić information content (AvgIpc) is 3.50. The Labute approximate surface area is 193 Å². The number of tetrazole rings is 1. The summed E-state index contributed by atoms with van der Waals surface area (Å²) < 4.78 is 1.96. The Kier molecular flexibility index (Phi) is 6.01. The SMILES string of the molecule is Cc1ccc(C)c(N2CCN([C@H](c3ccccc3)c3nnnn3Cc3cccs3)CC2)c1. The summed E-state index contributed by atoms with van der Waals surface area (Å²) in [6, 6.07) is 21.6. The van der Waals surface area contributed by atoms with Crippen LogP contribution in [-0.2, 0) is 6.54 Å². The van der Waals surface area contributed by atoms with Gasteiger partial charge in [0, 0.05) is 36.7 Å². The van der Waals surface area contributed by atoms with E-state index in [4.69, 9.17) is 0 Å². The van der Waals surface area contributed by atoms with Crippen molar-refractivity contribution in [2.75, 3.05) is 31.1 Å². The van der Waals surface area contributed by atoms with Gasteiger partial charge in [0.05, 0.1) is 12.6 Å². The first kappa shape index (κ1) is 20.8. The maximum atomic E-state index is 4.50. The van der Waals surface area contributed by atoms with Crippen molar-refractivity contribution < 1.29 is 0 Å². The summed E-state index contributed by atoms with van der Waals surface area (Å²) >= 11 is 1.74. The first-order valence-corrected chi connectivity index (χ1v) is 12.0. The molecule has 2 aromatic carbocycles. The van der Waals surface area contributed by atoms with Crippen LogP contribution in [0.25, 0.3) is 0 Å². The summed E-state index contributed by atoms with van der Waals surface area (Å²) in [5, 5.41) is 15.0. The van der Waals surface area contributed by atoms with Gasteiger partial charge < -0.3 is 4.90 Å². The number of nitrogens with zero attached hydrogens (tertiary/aromatic N) is 6. The molecule has 0 bridgehead atoms. The largest absolute Gasteiger partial charge is 0.369 e. The van der Waals surface area contributed by atoms with Gasteiger partial charge >= 0.3 is 0 Å². The van der Waals surface area contributed by atoms with E-state index in [-0.39, 0.29) is 6.04 Å². The number of benzene rings is 2.